The lowest BCUT2D eigenvalue weighted by molar-refractivity contribution is 0.0132. The van der Waals surface area contributed by atoms with Crippen LogP contribution in [0, 0.1) is 0 Å². The van der Waals surface area contributed by atoms with Gasteiger partial charge in [0.05, 0.1) is 12.7 Å². The fraction of sp³-hybridized carbons (Fsp3) is 0.636. The minimum Gasteiger partial charge on any atom is -0.473 e. The fourth-order valence-electron chi connectivity index (χ4n) is 1.17. The quantitative estimate of drug-likeness (QED) is 0.566. The Kier molecular flexibility index (Phi) is 4.69. The third-order valence-corrected chi connectivity index (χ3v) is 2.17. The number of nitrogens with zero attached hydrogens (tertiary/aromatic N) is 2. The van der Waals surface area contributed by atoms with Crippen molar-refractivity contribution in [2.45, 2.75) is 32.5 Å². The SMILES string of the molecule is CC(C)Oc1ncnc(NCC(C)(O)CO)c1N. The summed E-state index contributed by atoms with van der Waals surface area (Å²) in [4.78, 5) is 7.90. The molecular weight excluding hydrogens is 236 g/mol. The van der Waals surface area contributed by atoms with Crippen molar-refractivity contribution in [2.24, 2.45) is 0 Å². The highest BCUT2D eigenvalue weighted by atomic mass is 16.5. The summed E-state index contributed by atoms with van der Waals surface area (Å²) in [6.45, 7) is 4.99. The van der Waals surface area contributed by atoms with Crippen LogP contribution >= 0.6 is 0 Å². The van der Waals surface area contributed by atoms with E-state index in [9.17, 15) is 5.11 Å². The Bertz CT molecular complexity index is 396. The number of nitrogens with one attached hydrogen (secondary N) is 1. The summed E-state index contributed by atoms with van der Waals surface area (Å²) in [5.74, 6) is 0.667. The van der Waals surface area contributed by atoms with Gasteiger partial charge in [0, 0.05) is 6.54 Å². The summed E-state index contributed by atoms with van der Waals surface area (Å²) in [7, 11) is 0. The van der Waals surface area contributed by atoms with E-state index in [0.29, 0.717) is 11.7 Å². The van der Waals surface area contributed by atoms with Gasteiger partial charge in [0.1, 0.15) is 17.6 Å². The summed E-state index contributed by atoms with van der Waals surface area (Å²) in [6, 6.07) is 0. The summed E-state index contributed by atoms with van der Waals surface area (Å²) in [5.41, 5.74) is 4.88. The van der Waals surface area contributed by atoms with Crippen molar-refractivity contribution in [2.75, 3.05) is 24.2 Å². The first-order chi connectivity index (χ1) is 8.35. The van der Waals surface area contributed by atoms with Crippen LogP contribution in [0.1, 0.15) is 20.8 Å². The molecule has 7 nitrogen and oxygen atoms in total. The first-order valence-corrected chi connectivity index (χ1v) is 5.70. The van der Waals surface area contributed by atoms with Crippen molar-refractivity contribution in [3.63, 3.8) is 0 Å². The Morgan fingerprint density at radius 2 is 2.17 bits per heavy atom. The molecular formula is C11H20N4O3. The van der Waals surface area contributed by atoms with Gasteiger partial charge in [-0.15, -0.1) is 0 Å². The topological polar surface area (TPSA) is 114 Å². The number of aliphatic hydroxyl groups excluding tert-OH is 1. The maximum atomic E-state index is 9.66. The van der Waals surface area contributed by atoms with Gasteiger partial charge in [0.25, 0.3) is 0 Å². The Morgan fingerprint density at radius 1 is 1.50 bits per heavy atom. The van der Waals surface area contributed by atoms with Crippen LogP contribution in [0.3, 0.4) is 0 Å². The van der Waals surface area contributed by atoms with Gasteiger partial charge in [-0.3, -0.25) is 0 Å². The Labute approximate surface area is 106 Å². The molecule has 7 heteroatoms. The van der Waals surface area contributed by atoms with E-state index >= 15 is 0 Å². The van der Waals surface area contributed by atoms with Gasteiger partial charge in [-0.2, -0.15) is 4.98 Å². The van der Waals surface area contributed by atoms with E-state index in [1.807, 2.05) is 13.8 Å². The third kappa shape index (κ3) is 4.01. The maximum Gasteiger partial charge on any atom is 0.242 e. The molecule has 0 aliphatic carbocycles. The molecule has 1 rings (SSSR count). The number of nitrogen functional groups attached to an aromatic ring is 1. The van der Waals surface area contributed by atoms with Gasteiger partial charge in [-0.05, 0) is 20.8 Å². The average Bonchev–Trinajstić information content (AvgIpc) is 2.30. The summed E-state index contributed by atoms with van der Waals surface area (Å²) < 4.78 is 5.42. The van der Waals surface area contributed by atoms with Crippen molar-refractivity contribution < 1.29 is 14.9 Å². The Hall–Kier alpha value is -1.60. The van der Waals surface area contributed by atoms with Crippen molar-refractivity contribution in [3.8, 4) is 5.88 Å². The molecule has 0 aliphatic rings. The van der Waals surface area contributed by atoms with Gasteiger partial charge in [0.15, 0.2) is 5.82 Å². The standard InChI is InChI=1S/C11H20N4O3/c1-7(2)18-10-8(12)9(14-6-15-10)13-4-11(3,17)5-16/h6-7,16-17H,4-5,12H2,1-3H3,(H,13,14,15). The molecule has 0 bridgehead atoms. The number of hydrogen-bond donors (Lipinski definition) is 4. The van der Waals surface area contributed by atoms with Crippen molar-refractivity contribution in [1.82, 2.24) is 9.97 Å². The van der Waals surface area contributed by atoms with Crippen LogP contribution in [0.5, 0.6) is 5.88 Å². The number of anilines is 2. The first kappa shape index (κ1) is 14.5. The molecule has 5 N–H and O–H groups in total. The number of hydrogen-bond acceptors (Lipinski definition) is 7. The second kappa shape index (κ2) is 5.83. The minimum absolute atomic E-state index is 0.0457. The van der Waals surface area contributed by atoms with Gasteiger partial charge in [-0.1, -0.05) is 0 Å². The largest absolute Gasteiger partial charge is 0.473 e. The third-order valence-electron chi connectivity index (χ3n) is 2.17. The van der Waals surface area contributed by atoms with Gasteiger partial charge in [-0.25, -0.2) is 4.98 Å². The molecule has 1 aromatic rings. The molecule has 1 heterocycles. The molecule has 18 heavy (non-hydrogen) atoms. The van der Waals surface area contributed by atoms with Crippen LogP contribution in [0.25, 0.3) is 0 Å². The zero-order valence-electron chi connectivity index (χ0n) is 10.8. The lowest BCUT2D eigenvalue weighted by Gasteiger charge is -2.21. The van der Waals surface area contributed by atoms with E-state index in [1.54, 1.807) is 0 Å². The van der Waals surface area contributed by atoms with E-state index in [4.69, 9.17) is 15.6 Å². The predicted molar refractivity (Wildman–Crippen MR) is 68.4 cm³/mol. The van der Waals surface area contributed by atoms with E-state index in [-0.39, 0.29) is 24.9 Å². The Balaban J connectivity index is 2.78. The summed E-state index contributed by atoms with van der Waals surface area (Å²) in [5, 5.41) is 21.5. The minimum atomic E-state index is -1.24. The highest BCUT2D eigenvalue weighted by molar-refractivity contribution is 5.66. The second-order valence-electron chi connectivity index (χ2n) is 4.62. The summed E-state index contributed by atoms with van der Waals surface area (Å²) >= 11 is 0. The van der Waals surface area contributed by atoms with Crippen LogP contribution in [-0.4, -0.2) is 45.0 Å². The number of aromatic nitrogens is 2. The molecule has 1 atom stereocenters. The van der Waals surface area contributed by atoms with E-state index in [2.05, 4.69) is 15.3 Å². The van der Waals surface area contributed by atoms with E-state index < -0.39 is 5.60 Å². The molecule has 0 amide bonds. The van der Waals surface area contributed by atoms with Crippen molar-refractivity contribution in [1.29, 1.82) is 0 Å². The highest BCUT2D eigenvalue weighted by Gasteiger charge is 2.20. The smallest absolute Gasteiger partial charge is 0.242 e. The number of ether oxygens (including phenoxy) is 1. The van der Waals surface area contributed by atoms with Crippen LogP contribution in [0.15, 0.2) is 6.33 Å². The van der Waals surface area contributed by atoms with Crippen molar-refractivity contribution >= 4 is 11.5 Å². The van der Waals surface area contributed by atoms with Crippen LogP contribution in [-0.2, 0) is 0 Å². The molecule has 102 valence electrons. The summed E-state index contributed by atoms with van der Waals surface area (Å²) in [6.07, 6.45) is 1.28. The molecule has 0 aromatic carbocycles. The van der Waals surface area contributed by atoms with Crippen LogP contribution < -0.4 is 15.8 Å². The van der Waals surface area contributed by atoms with E-state index in [0.717, 1.165) is 0 Å². The Morgan fingerprint density at radius 3 is 2.72 bits per heavy atom. The second-order valence-corrected chi connectivity index (χ2v) is 4.62. The average molecular weight is 256 g/mol. The fourth-order valence-corrected chi connectivity index (χ4v) is 1.17. The first-order valence-electron chi connectivity index (χ1n) is 5.70. The number of rotatable bonds is 6. The zero-order valence-corrected chi connectivity index (χ0v) is 10.8. The van der Waals surface area contributed by atoms with Crippen LogP contribution in [0.4, 0.5) is 11.5 Å². The molecule has 0 radical (unpaired) electrons. The molecule has 0 spiro atoms. The molecule has 1 aromatic heterocycles. The van der Waals surface area contributed by atoms with Gasteiger partial charge < -0.3 is 26.0 Å². The molecule has 0 saturated heterocycles. The number of nitrogens with two attached hydrogens (primary N) is 1. The molecule has 1 unspecified atom stereocenters. The zero-order chi connectivity index (χ0) is 13.8. The normalized spacial score (nSPS) is 14.3. The molecule has 0 saturated carbocycles. The maximum absolute atomic E-state index is 9.66. The van der Waals surface area contributed by atoms with E-state index in [1.165, 1.54) is 13.3 Å². The van der Waals surface area contributed by atoms with Gasteiger partial charge >= 0.3 is 0 Å². The highest BCUT2D eigenvalue weighted by Crippen LogP contribution is 2.25. The molecule has 0 aliphatic heterocycles. The lowest BCUT2D eigenvalue weighted by atomic mass is 10.1. The predicted octanol–water partition coefficient (Wildman–Crippen LogP) is 0.00120. The lowest BCUT2D eigenvalue weighted by Crippen LogP contribution is -2.37. The van der Waals surface area contributed by atoms with Crippen molar-refractivity contribution in [3.05, 3.63) is 6.33 Å². The molecule has 0 fully saturated rings. The van der Waals surface area contributed by atoms with Crippen LogP contribution in [0.2, 0.25) is 0 Å². The van der Waals surface area contributed by atoms with Gasteiger partial charge in [0.2, 0.25) is 5.88 Å². The monoisotopic (exact) mass is 256 g/mol. The number of aliphatic hydroxyl groups is 2.